The van der Waals surface area contributed by atoms with Crippen molar-refractivity contribution in [3.05, 3.63) is 71.2 Å². The largest absolute Gasteiger partial charge is 0.304 e. The number of nitrogens with zero attached hydrogens (tertiary/aromatic N) is 2. The third-order valence-corrected chi connectivity index (χ3v) is 3.76. The fourth-order valence-corrected chi connectivity index (χ4v) is 2.45. The maximum atomic E-state index is 4.68. The van der Waals surface area contributed by atoms with Gasteiger partial charge in [0.2, 0.25) is 0 Å². The molecule has 100 valence electrons. The van der Waals surface area contributed by atoms with Gasteiger partial charge in [-0.25, -0.2) is 4.98 Å². The summed E-state index contributed by atoms with van der Waals surface area (Å²) < 4.78 is 2.15. The number of aromatic nitrogens is 2. The van der Waals surface area contributed by atoms with Gasteiger partial charge in [-0.15, -0.1) is 0 Å². The molecule has 0 aliphatic rings. The Labute approximate surface area is 119 Å². The number of fused-ring (bicyclic) bond motifs is 1. The molecule has 3 aromatic rings. The van der Waals surface area contributed by atoms with Crippen molar-refractivity contribution >= 4 is 17.3 Å². The van der Waals surface area contributed by atoms with Crippen molar-refractivity contribution in [1.29, 1.82) is 0 Å². The van der Waals surface area contributed by atoms with Gasteiger partial charge in [0.25, 0.3) is 0 Å². The molecule has 0 radical (unpaired) electrons. The minimum absolute atomic E-state index is 1.03. The van der Waals surface area contributed by atoms with E-state index in [9.17, 15) is 0 Å². The quantitative estimate of drug-likeness (QED) is 0.664. The summed E-state index contributed by atoms with van der Waals surface area (Å²) in [6, 6.07) is 14.6. The number of rotatable bonds is 2. The molecule has 2 nitrogen and oxygen atoms in total. The second-order valence-corrected chi connectivity index (χ2v) is 5.13. The fourth-order valence-electron chi connectivity index (χ4n) is 2.45. The molecule has 0 bridgehead atoms. The second kappa shape index (κ2) is 4.97. The number of imidazole rings is 1. The molecule has 0 amide bonds. The Balaban J connectivity index is 2.14. The van der Waals surface area contributed by atoms with Crippen LogP contribution < -0.4 is 0 Å². The van der Waals surface area contributed by atoms with Crippen LogP contribution in [0.4, 0.5) is 0 Å². The van der Waals surface area contributed by atoms with Crippen molar-refractivity contribution in [2.45, 2.75) is 20.8 Å². The van der Waals surface area contributed by atoms with Crippen LogP contribution in [0.25, 0.3) is 17.3 Å². The lowest BCUT2D eigenvalue weighted by atomic mass is 10.1. The minimum atomic E-state index is 1.03. The van der Waals surface area contributed by atoms with Gasteiger partial charge in [-0.3, -0.25) is 0 Å². The lowest BCUT2D eigenvalue weighted by Crippen LogP contribution is -1.89. The van der Waals surface area contributed by atoms with E-state index in [2.05, 4.69) is 78.8 Å². The molecule has 0 spiro atoms. The van der Waals surface area contributed by atoms with Crippen LogP contribution in [0.2, 0.25) is 0 Å². The first-order valence-corrected chi connectivity index (χ1v) is 6.85. The van der Waals surface area contributed by atoms with E-state index in [1.807, 2.05) is 6.07 Å². The Bertz CT molecular complexity index is 780. The van der Waals surface area contributed by atoms with Gasteiger partial charge in [-0.05, 0) is 50.1 Å². The van der Waals surface area contributed by atoms with E-state index in [4.69, 9.17) is 0 Å². The van der Waals surface area contributed by atoms with Crippen molar-refractivity contribution in [3.63, 3.8) is 0 Å². The molecule has 0 aliphatic carbocycles. The first-order chi connectivity index (χ1) is 9.66. The van der Waals surface area contributed by atoms with Crippen LogP contribution in [0.15, 0.2) is 48.7 Å². The fraction of sp³-hybridized carbons (Fsp3) is 0.167. The zero-order valence-electron chi connectivity index (χ0n) is 12.1. The monoisotopic (exact) mass is 262 g/mol. The molecule has 20 heavy (non-hydrogen) atoms. The number of aryl methyl sites for hydroxylation is 2. The molecule has 2 heteroatoms. The number of pyridine rings is 1. The molecule has 0 atom stereocenters. The maximum absolute atomic E-state index is 4.68. The molecular weight excluding hydrogens is 244 g/mol. The highest BCUT2D eigenvalue weighted by Gasteiger charge is 2.07. The molecule has 0 saturated carbocycles. The average Bonchev–Trinajstić information content (AvgIpc) is 2.77. The van der Waals surface area contributed by atoms with Crippen molar-refractivity contribution < 1.29 is 0 Å². The van der Waals surface area contributed by atoms with E-state index in [0.717, 1.165) is 16.9 Å². The van der Waals surface area contributed by atoms with E-state index in [1.54, 1.807) is 0 Å². The number of hydrogen-bond donors (Lipinski definition) is 0. The summed E-state index contributed by atoms with van der Waals surface area (Å²) in [7, 11) is 0. The summed E-state index contributed by atoms with van der Waals surface area (Å²) in [5.74, 6) is 0. The lowest BCUT2D eigenvalue weighted by Gasteiger charge is -2.03. The molecule has 2 aromatic heterocycles. The van der Waals surface area contributed by atoms with Crippen molar-refractivity contribution in [3.8, 4) is 0 Å². The zero-order valence-corrected chi connectivity index (χ0v) is 12.1. The van der Waals surface area contributed by atoms with E-state index in [1.165, 1.54) is 16.8 Å². The van der Waals surface area contributed by atoms with Crippen molar-refractivity contribution in [1.82, 2.24) is 9.38 Å². The average molecular weight is 262 g/mol. The van der Waals surface area contributed by atoms with Gasteiger partial charge in [0.1, 0.15) is 5.65 Å². The SMILES string of the molecule is C/C(=C\c1cccn2c(C)c(C)nc12)c1ccccc1. The Morgan fingerprint density at radius 3 is 2.55 bits per heavy atom. The first kappa shape index (κ1) is 12.7. The van der Waals surface area contributed by atoms with Crippen LogP contribution in [0.5, 0.6) is 0 Å². The van der Waals surface area contributed by atoms with Gasteiger partial charge in [0, 0.05) is 17.5 Å². The standard InChI is InChI=1S/C18H18N2/c1-13(16-8-5-4-6-9-16)12-17-10-7-11-20-15(3)14(2)19-18(17)20/h4-12H,1-3H3/b13-12+. The van der Waals surface area contributed by atoms with E-state index >= 15 is 0 Å². The molecule has 3 rings (SSSR count). The van der Waals surface area contributed by atoms with Crippen LogP contribution in [-0.4, -0.2) is 9.38 Å². The van der Waals surface area contributed by atoms with Crippen LogP contribution in [0.1, 0.15) is 29.4 Å². The highest BCUT2D eigenvalue weighted by molar-refractivity contribution is 5.84. The Kier molecular flexibility index (Phi) is 3.15. The van der Waals surface area contributed by atoms with Crippen LogP contribution in [0, 0.1) is 13.8 Å². The Morgan fingerprint density at radius 2 is 1.80 bits per heavy atom. The summed E-state index contributed by atoms with van der Waals surface area (Å²) in [6.07, 6.45) is 4.27. The highest BCUT2D eigenvalue weighted by Crippen LogP contribution is 2.21. The normalized spacial score (nSPS) is 12.1. The van der Waals surface area contributed by atoms with E-state index in [0.29, 0.717) is 0 Å². The van der Waals surface area contributed by atoms with Crippen molar-refractivity contribution in [2.24, 2.45) is 0 Å². The smallest absolute Gasteiger partial charge is 0.144 e. The number of benzene rings is 1. The van der Waals surface area contributed by atoms with Crippen LogP contribution in [-0.2, 0) is 0 Å². The molecule has 0 N–H and O–H groups in total. The third kappa shape index (κ3) is 2.14. The van der Waals surface area contributed by atoms with Gasteiger partial charge in [-0.1, -0.05) is 30.3 Å². The molecule has 0 fully saturated rings. The summed E-state index contributed by atoms with van der Waals surface area (Å²) >= 11 is 0. The zero-order chi connectivity index (χ0) is 14.1. The molecule has 1 aromatic carbocycles. The number of allylic oxidation sites excluding steroid dienone is 1. The lowest BCUT2D eigenvalue weighted by molar-refractivity contribution is 1.09. The summed E-state index contributed by atoms with van der Waals surface area (Å²) in [5, 5.41) is 0. The predicted octanol–water partition coefficient (Wildman–Crippen LogP) is 4.51. The first-order valence-electron chi connectivity index (χ1n) is 6.85. The van der Waals surface area contributed by atoms with Gasteiger partial charge in [0.05, 0.1) is 5.69 Å². The molecule has 0 aliphatic heterocycles. The van der Waals surface area contributed by atoms with E-state index in [-0.39, 0.29) is 0 Å². The topological polar surface area (TPSA) is 17.3 Å². The highest BCUT2D eigenvalue weighted by atomic mass is 15.0. The maximum Gasteiger partial charge on any atom is 0.144 e. The molecular formula is C18H18N2. The van der Waals surface area contributed by atoms with Gasteiger partial charge in [-0.2, -0.15) is 0 Å². The summed E-state index contributed by atoms with van der Waals surface area (Å²) in [6.45, 7) is 6.30. The molecule has 0 saturated heterocycles. The van der Waals surface area contributed by atoms with Gasteiger partial charge in [0.15, 0.2) is 0 Å². The van der Waals surface area contributed by atoms with Crippen LogP contribution in [0.3, 0.4) is 0 Å². The van der Waals surface area contributed by atoms with Gasteiger partial charge >= 0.3 is 0 Å². The third-order valence-electron chi connectivity index (χ3n) is 3.76. The molecule has 2 heterocycles. The van der Waals surface area contributed by atoms with E-state index < -0.39 is 0 Å². The summed E-state index contributed by atoms with van der Waals surface area (Å²) in [5.41, 5.74) is 6.96. The summed E-state index contributed by atoms with van der Waals surface area (Å²) in [4.78, 5) is 4.68. The molecule has 0 unspecified atom stereocenters. The van der Waals surface area contributed by atoms with Crippen LogP contribution >= 0.6 is 0 Å². The predicted molar refractivity (Wildman–Crippen MR) is 84.7 cm³/mol. The Hall–Kier alpha value is -2.35. The number of hydrogen-bond acceptors (Lipinski definition) is 1. The van der Waals surface area contributed by atoms with Crippen molar-refractivity contribution in [2.75, 3.05) is 0 Å². The second-order valence-electron chi connectivity index (χ2n) is 5.13. The Morgan fingerprint density at radius 1 is 1.05 bits per heavy atom. The van der Waals surface area contributed by atoms with Gasteiger partial charge < -0.3 is 4.40 Å². The minimum Gasteiger partial charge on any atom is -0.304 e.